The van der Waals surface area contributed by atoms with Gasteiger partial charge in [0, 0.05) is 10.7 Å². The third kappa shape index (κ3) is 2.98. The molecule has 0 amide bonds. The molecule has 16 heavy (non-hydrogen) atoms. The molecule has 1 aromatic carbocycles. The molecule has 2 rings (SSSR count). The highest BCUT2D eigenvalue weighted by atomic mass is 31.0. The molecular weight excluding hydrogens is 215 g/mol. The molecule has 1 unspecified atom stereocenters. The smallest absolute Gasteiger partial charge is 0.126 e. The second kappa shape index (κ2) is 5.19. The second-order valence-corrected chi connectivity index (χ2v) is 5.82. The zero-order chi connectivity index (χ0) is 11.4. The van der Waals surface area contributed by atoms with Crippen molar-refractivity contribution in [3.05, 3.63) is 24.3 Å². The van der Waals surface area contributed by atoms with Crippen LogP contribution in [0.25, 0.3) is 0 Å². The molecule has 2 heteroatoms. The molecule has 0 aromatic heterocycles. The minimum atomic E-state index is 0.394. The summed E-state index contributed by atoms with van der Waals surface area (Å²) in [6.45, 7) is 3.22. The van der Waals surface area contributed by atoms with Crippen LogP contribution in [0.15, 0.2) is 24.3 Å². The Labute approximate surface area is 101 Å². The predicted octanol–water partition coefficient (Wildman–Crippen LogP) is 3.54. The lowest BCUT2D eigenvalue weighted by Crippen LogP contribution is -2.28. The number of ether oxygens (including phenoxy) is 1. The third-order valence-corrected chi connectivity index (χ3v) is 4.03. The maximum absolute atomic E-state index is 5.96. The summed E-state index contributed by atoms with van der Waals surface area (Å²) >= 11 is 0. The number of benzene rings is 1. The fraction of sp³-hybridized carbons (Fsp3) is 0.571. The Kier molecular flexibility index (Phi) is 3.86. The van der Waals surface area contributed by atoms with Gasteiger partial charge in [-0.2, -0.15) is 0 Å². The van der Waals surface area contributed by atoms with Gasteiger partial charge in [0.05, 0.1) is 6.61 Å². The zero-order valence-corrected chi connectivity index (χ0v) is 11.2. The van der Waals surface area contributed by atoms with Gasteiger partial charge in [-0.25, -0.2) is 0 Å². The maximum atomic E-state index is 5.96. The van der Waals surface area contributed by atoms with Gasteiger partial charge in [0.15, 0.2) is 0 Å². The minimum Gasteiger partial charge on any atom is -0.492 e. The van der Waals surface area contributed by atoms with E-state index in [0.717, 1.165) is 17.7 Å². The molecule has 1 aliphatic carbocycles. The van der Waals surface area contributed by atoms with Gasteiger partial charge in [0.1, 0.15) is 5.75 Å². The Morgan fingerprint density at radius 2 is 1.88 bits per heavy atom. The topological polar surface area (TPSA) is 9.23 Å². The summed E-state index contributed by atoms with van der Waals surface area (Å²) in [6.07, 6.45) is 6.75. The predicted molar refractivity (Wildman–Crippen MR) is 72.5 cm³/mol. The Hall–Kier alpha value is -0.550. The largest absolute Gasteiger partial charge is 0.492 e. The summed E-state index contributed by atoms with van der Waals surface area (Å²) < 4.78 is 5.96. The van der Waals surface area contributed by atoms with E-state index in [0.29, 0.717) is 5.41 Å². The first-order chi connectivity index (χ1) is 7.70. The van der Waals surface area contributed by atoms with Crippen LogP contribution in [-0.2, 0) is 0 Å². The molecule has 1 aromatic rings. The molecule has 0 spiro atoms. The van der Waals surface area contributed by atoms with Gasteiger partial charge in [-0.1, -0.05) is 44.4 Å². The molecule has 0 aliphatic heterocycles. The molecule has 1 atom stereocenters. The van der Waals surface area contributed by atoms with Crippen LogP contribution in [0.3, 0.4) is 0 Å². The van der Waals surface area contributed by atoms with Crippen molar-refractivity contribution in [3.63, 3.8) is 0 Å². The number of hydrogen-bond donors (Lipinski definition) is 0. The molecule has 0 bridgehead atoms. The molecule has 0 heterocycles. The monoisotopic (exact) mass is 236 g/mol. The number of rotatable bonds is 3. The first-order valence-corrected chi connectivity index (χ1v) is 6.75. The van der Waals surface area contributed by atoms with Gasteiger partial charge in [0.25, 0.3) is 0 Å². The lowest BCUT2D eigenvalue weighted by Gasteiger charge is -2.33. The number of hydrogen-bond acceptors (Lipinski definition) is 1. The van der Waals surface area contributed by atoms with Crippen molar-refractivity contribution < 1.29 is 4.74 Å². The van der Waals surface area contributed by atoms with Gasteiger partial charge < -0.3 is 4.74 Å². The molecule has 1 aliphatic rings. The quantitative estimate of drug-likeness (QED) is 0.729. The molecule has 1 nitrogen and oxygen atoms in total. The lowest BCUT2D eigenvalue weighted by molar-refractivity contribution is 0.117. The van der Waals surface area contributed by atoms with Gasteiger partial charge in [0.2, 0.25) is 0 Å². The van der Waals surface area contributed by atoms with E-state index in [1.54, 1.807) is 0 Å². The summed E-state index contributed by atoms with van der Waals surface area (Å²) in [5.41, 5.74) is 0.394. The van der Waals surface area contributed by atoms with Crippen LogP contribution < -0.4 is 10.0 Å². The molecular formula is C14H21OP. The van der Waals surface area contributed by atoms with Crippen LogP contribution in [0.5, 0.6) is 5.75 Å². The van der Waals surface area contributed by atoms with Crippen LogP contribution in [0.1, 0.15) is 39.0 Å². The summed E-state index contributed by atoms with van der Waals surface area (Å²) in [5.74, 6) is 1.01. The molecule has 0 N–H and O–H groups in total. The standard InChI is InChI=1S/C14H21OP/c1-14(9-5-2-6-10-14)11-15-12-7-3-4-8-13(12)16/h3-4,7-8H,2,5-6,9-11,16H2,1H3. The molecule has 1 fully saturated rings. The first kappa shape index (κ1) is 11.9. The van der Waals surface area contributed by atoms with E-state index in [1.807, 2.05) is 12.1 Å². The molecule has 0 saturated heterocycles. The van der Waals surface area contributed by atoms with Gasteiger partial charge in [-0.3, -0.25) is 0 Å². The van der Waals surface area contributed by atoms with E-state index in [2.05, 4.69) is 28.3 Å². The summed E-state index contributed by atoms with van der Waals surface area (Å²) in [4.78, 5) is 0. The minimum absolute atomic E-state index is 0.394. The van der Waals surface area contributed by atoms with E-state index in [-0.39, 0.29) is 0 Å². The van der Waals surface area contributed by atoms with Crippen LogP contribution >= 0.6 is 9.24 Å². The van der Waals surface area contributed by atoms with E-state index >= 15 is 0 Å². The molecule has 0 radical (unpaired) electrons. The van der Waals surface area contributed by atoms with Crippen molar-refractivity contribution in [1.29, 1.82) is 0 Å². The zero-order valence-electron chi connectivity index (χ0n) is 10.0. The summed E-state index contributed by atoms with van der Waals surface area (Å²) in [6, 6.07) is 8.20. The van der Waals surface area contributed by atoms with Crippen LogP contribution in [0, 0.1) is 5.41 Å². The Morgan fingerprint density at radius 3 is 2.56 bits per heavy atom. The van der Waals surface area contributed by atoms with Crippen LogP contribution in [0.2, 0.25) is 0 Å². The highest BCUT2D eigenvalue weighted by Crippen LogP contribution is 2.36. The van der Waals surface area contributed by atoms with Crippen LogP contribution in [0.4, 0.5) is 0 Å². The summed E-state index contributed by atoms with van der Waals surface area (Å²) in [7, 11) is 2.73. The second-order valence-electron chi connectivity index (χ2n) is 5.20. The average molecular weight is 236 g/mol. The normalized spacial score (nSPS) is 19.4. The average Bonchev–Trinajstić information content (AvgIpc) is 2.29. The van der Waals surface area contributed by atoms with Crippen LogP contribution in [-0.4, -0.2) is 6.61 Å². The van der Waals surface area contributed by atoms with Crippen molar-refractivity contribution in [2.45, 2.75) is 39.0 Å². The molecule has 88 valence electrons. The maximum Gasteiger partial charge on any atom is 0.126 e. The SMILES string of the molecule is CC1(COc2ccccc2P)CCCCC1. The van der Waals surface area contributed by atoms with Crippen molar-refractivity contribution in [1.82, 2.24) is 0 Å². The van der Waals surface area contributed by atoms with Crippen molar-refractivity contribution in [3.8, 4) is 5.75 Å². The van der Waals surface area contributed by atoms with E-state index in [9.17, 15) is 0 Å². The first-order valence-electron chi connectivity index (χ1n) is 6.17. The Bertz CT molecular complexity index is 342. The van der Waals surface area contributed by atoms with E-state index in [4.69, 9.17) is 4.74 Å². The van der Waals surface area contributed by atoms with Gasteiger partial charge >= 0.3 is 0 Å². The Balaban J connectivity index is 1.94. The fourth-order valence-electron chi connectivity index (χ4n) is 2.41. The highest BCUT2D eigenvalue weighted by molar-refractivity contribution is 7.27. The fourth-order valence-corrected chi connectivity index (χ4v) is 2.70. The molecule has 1 saturated carbocycles. The van der Waals surface area contributed by atoms with Crippen molar-refractivity contribution in [2.24, 2.45) is 5.41 Å². The number of para-hydroxylation sites is 1. The third-order valence-electron chi connectivity index (χ3n) is 3.56. The summed E-state index contributed by atoms with van der Waals surface area (Å²) in [5, 5.41) is 1.15. The van der Waals surface area contributed by atoms with Crippen molar-refractivity contribution in [2.75, 3.05) is 6.61 Å². The van der Waals surface area contributed by atoms with E-state index in [1.165, 1.54) is 32.1 Å². The van der Waals surface area contributed by atoms with Crippen molar-refractivity contribution >= 4 is 14.5 Å². The van der Waals surface area contributed by atoms with E-state index < -0.39 is 0 Å². The van der Waals surface area contributed by atoms with Gasteiger partial charge in [-0.15, -0.1) is 9.24 Å². The Morgan fingerprint density at radius 1 is 1.19 bits per heavy atom. The lowest BCUT2D eigenvalue weighted by atomic mass is 9.76. The van der Waals surface area contributed by atoms with Gasteiger partial charge in [-0.05, 0) is 18.9 Å². The highest BCUT2D eigenvalue weighted by Gasteiger charge is 2.27.